The minimum Gasteiger partial charge on any atom is -0.355 e. The topological polar surface area (TPSA) is 52.7 Å². The van der Waals surface area contributed by atoms with Gasteiger partial charge in [-0.25, -0.2) is 0 Å². The summed E-state index contributed by atoms with van der Waals surface area (Å²) in [4.78, 5) is 28.7. The molecule has 2 aromatic rings. The van der Waals surface area contributed by atoms with Gasteiger partial charge in [0.15, 0.2) is 0 Å². The Morgan fingerprint density at radius 3 is 2.30 bits per heavy atom. The van der Waals surface area contributed by atoms with E-state index in [0.717, 1.165) is 37.2 Å². The number of amides is 2. The summed E-state index contributed by atoms with van der Waals surface area (Å²) in [5, 5.41) is 2.83. The molecule has 1 heterocycles. The molecule has 3 rings (SSSR count). The molecular weight excluding hydrogens is 338 g/mol. The van der Waals surface area contributed by atoms with E-state index < -0.39 is 0 Å². The summed E-state index contributed by atoms with van der Waals surface area (Å²) in [7, 11) is 0. The fraction of sp³-hybridized carbons (Fsp3) is 0.364. The maximum atomic E-state index is 12.9. The van der Waals surface area contributed by atoms with Gasteiger partial charge in [-0.15, -0.1) is 0 Å². The monoisotopic (exact) mass is 365 g/mol. The molecule has 1 saturated heterocycles. The molecule has 0 atom stereocenters. The Hall–Kier alpha value is -2.66. The van der Waals surface area contributed by atoms with Crippen LogP contribution in [0, 0.1) is 0 Å². The van der Waals surface area contributed by atoms with Crippen LogP contribution in [0.1, 0.15) is 23.7 Å². The number of likely N-dealkylation sites (N-methyl/N-ethyl adjacent to an activating group) is 1. The molecule has 1 aliphatic rings. The van der Waals surface area contributed by atoms with Gasteiger partial charge in [-0.1, -0.05) is 42.5 Å². The third-order valence-corrected chi connectivity index (χ3v) is 4.86. The van der Waals surface area contributed by atoms with Crippen molar-refractivity contribution in [3.8, 4) is 11.1 Å². The Labute approximate surface area is 161 Å². The van der Waals surface area contributed by atoms with Crippen LogP contribution in [-0.2, 0) is 4.79 Å². The Morgan fingerprint density at radius 1 is 0.889 bits per heavy atom. The van der Waals surface area contributed by atoms with E-state index in [1.807, 2.05) is 54.3 Å². The van der Waals surface area contributed by atoms with Gasteiger partial charge in [0.2, 0.25) is 5.91 Å². The van der Waals surface area contributed by atoms with Gasteiger partial charge < -0.3 is 10.2 Å². The molecule has 1 aliphatic heterocycles. The molecule has 1 N–H and O–H groups in total. The van der Waals surface area contributed by atoms with Gasteiger partial charge in [0.05, 0.1) is 6.54 Å². The third kappa shape index (κ3) is 5.17. The van der Waals surface area contributed by atoms with Crippen molar-refractivity contribution in [2.75, 3.05) is 39.3 Å². The number of hydrogen-bond acceptors (Lipinski definition) is 3. The first kappa shape index (κ1) is 19.1. The zero-order chi connectivity index (χ0) is 19.1. The Bertz CT molecular complexity index is 759. The van der Waals surface area contributed by atoms with E-state index >= 15 is 0 Å². The molecule has 27 heavy (non-hydrogen) atoms. The molecule has 1 fully saturated rings. The van der Waals surface area contributed by atoms with Gasteiger partial charge >= 0.3 is 0 Å². The van der Waals surface area contributed by atoms with Gasteiger partial charge in [-0.2, -0.15) is 0 Å². The first-order valence-electron chi connectivity index (χ1n) is 9.61. The second kappa shape index (κ2) is 9.33. The summed E-state index contributed by atoms with van der Waals surface area (Å²) in [5.74, 6) is 0.114. The van der Waals surface area contributed by atoms with Crippen LogP contribution in [0.5, 0.6) is 0 Å². The quantitative estimate of drug-likeness (QED) is 0.886. The molecule has 0 spiro atoms. The lowest BCUT2D eigenvalue weighted by Crippen LogP contribution is -2.40. The molecule has 0 saturated carbocycles. The van der Waals surface area contributed by atoms with Crippen LogP contribution in [0.4, 0.5) is 0 Å². The lowest BCUT2D eigenvalue weighted by molar-refractivity contribution is -0.122. The second-order valence-electron chi connectivity index (χ2n) is 6.82. The smallest absolute Gasteiger partial charge is 0.253 e. The zero-order valence-corrected chi connectivity index (χ0v) is 15.9. The molecule has 2 aromatic carbocycles. The van der Waals surface area contributed by atoms with Crippen LogP contribution in [0.3, 0.4) is 0 Å². The van der Waals surface area contributed by atoms with Crippen LogP contribution in [0.2, 0.25) is 0 Å². The Kier molecular flexibility index (Phi) is 6.60. The zero-order valence-electron chi connectivity index (χ0n) is 15.9. The van der Waals surface area contributed by atoms with E-state index in [-0.39, 0.29) is 11.8 Å². The van der Waals surface area contributed by atoms with Crippen molar-refractivity contribution in [3.63, 3.8) is 0 Å². The van der Waals surface area contributed by atoms with Crippen LogP contribution in [0.25, 0.3) is 11.1 Å². The standard InChI is InChI=1S/C22H27N3O2/c1-2-23-21(26)17-24-13-6-14-25(16-15-24)22(27)20-11-9-19(10-12-20)18-7-4-3-5-8-18/h3-5,7-12H,2,6,13-17H2,1H3,(H,23,26). The number of nitrogens with one attached hydrogen (secondary N) is 1. The molecule has 0 bridgehead atoms. The predicted octanol–water partition coefficient (Wildman–Crippen LogP) is 2.64. The van der Waals surface area contributed by atoms with E-state index in [1.54, 1.807) is 0 Å². The third-order valence-electron chi connectivity index (χ3n) is 4.86. The minimum atomic E-state index is 0.0498. The maximum absolute atomic E-state index is 12.9. The molecule has 5 nitrogen and oxygen atoms in total. The SMILES string of the molecule is CCNC(=O)CN1CCCN(C(=O)c2ccc(-c3ccccc3)cc2)CC1. The summed E-state index contributed by atoms with van der Waals surface area (Å²) in [5.41, 5.74) is 2.97. The number of carbonyl (C=O) groups is 2. The van der Waals surface area contributed by atoms with E-state index in [9.17, 15) is 9.59 Å². The Morgan fingerprint density at radius 2 is 1.59 bits per heavy atom. The van der Waals surface area contributed by atoms with Crippen molar-refractivity contribution in [3.05, 3.63) is 60.2 Å². The van der Waals surface area contributed by atoms with Crippen LogP contribution in [-0.4, -0.2) is 60.9 Å². The number of benzene rings is 2. The highest BCUT2D eigenvalue weighted by Crippen LogP contribution is 2.20. The highest BCUT2D eigenvalue weighted by Gasteiger charge is 2.21. The van der Waals surface area contributed by atoms with Crippen LogP contribution >= 0.6 is 0 Å². The maximum Gasteiger partial charge on any atom is 0.253 e. The molecular formula is C22H27N3O2. The fourth-order valence-electron chi connectivity index (χ4n) is 3.41. The first-order chi connectivity index (χ1) is 13.2. The predicted molar refractivity (Wildman–Crippen MR) is 108 cm³/mol. The molecule has 0 unspecified atom stereocenters. The number of rotatable bonds is 5. The van der Waals surface area contributed by atoms with Crippen LogP contribution < -0.4 is 5.32 Å². The fourth-order valence-corrected chi connectivity index (χ4v) is 3.41. The largest absolute Gasteiger partial charge is 0.355 e. The van der Waals surface area contributed by atoms with E-state index in [2.05, 4.69) is 22.3 Å². The van der Waals surface area contributed by atoms with Crippen molar-refractivity contribution in [2.45, 2.75) is 13.3 Å². The van der Waals surface area contributed by atoms with Crippen molar-refractivity contribution >= 4 is 11.8 Å². The summed E-state index contributed by atoms with van der Waals surface area (Å²) in [6, 6.07) is 18.0. The van der Waals surface area contributed by atoms with Gasteiger partial charge in [0.1, 0.15) is 0 Å². The summed E-state index contributed by atoms with van der Waals surface area (Å²) in [6.07, 6.45) is 0.882. The van der Waals surface area contributed by atoms with E-state index in [0.29, 0.717) is 25.2 Å². The molecule has 5 heteroatoms. The molecule has 0 aromatic heterocycles. The van der Waals surface area contributed by atoms with Crippen molar-refractivity contribution in [1.82, 2.24) is 15.1 Å². The van der Waals surface area contributed by atoms with Crippen molar-refractivity contribution in [2.24, 2.45) is 0 Å². The average molecular weight is 365 g/mol. The van der Waals surface area contributed by atoms with Crippen molar-refractivity contribution < 1.29 is 9.59 Å². The van der Waals surface area contributed by atoms with Gasteiger partial charge in [0.25, 0.3) is 5.91 Å². The highest BCUT2D eigenvalue weighted by molar-refractivity contribution is 5.94. The summed E-state index contributed by atoms with van der Waals surface area (Å²) in [6.45, 7) is 5.92. The van der Waals surface area contributed by atoms with Crippen LogP contribution in [0.15, 0.2) is 54.6 Å². The average Bonchev–Trinajstić information content (AvgIpc) is 2.94. The molecule has 142 valence electrons. The molecule has 0 aliphatic carbocycles. The van der Waals surface area contributed by atoms with Gasteiger partial charge in [-0.3, -0.25) is 14.5 Å². The minimum absolute atomic E-state index is 0.0498. The number of nitrogens with zero attached hydrogens (tertiary/aromatic N) is 2. The summed E-state index contributed by atoms with van der Waals surface area (Å²) < 4.78 is 0. The van der Waals surface area contributed by atoms with E-state index in [4.69, 9.17) is 0 Å². The van der Waals surface area contributed by atoms with Gasteiger partial charge in [0, 0.05) is 38.3 Å². The van der Waals surface area contributed by atoms with Crippen molar-refractivity contribution in [1.29, 1.82) is 0 Å². The Balaban J connectivity index is 1.60. The van der Waals surface area contributed by atoms with Gasteiger partial charge in [-0.05, 0) is 36.6 Å². The number of hydrogen-bond donors (Lipinski definition) is 1. The molecule has 0 radical (unpaired) electrons. The molecule has 2 amide bonds. The van der Waals surface area contributed by atoms with E-state index in [1.165, 1.54) is 0 Å². The second-order valence-corrected chi connectivity index (χ2v) is 6.82. The first-order valence-corrected chi connectivity index (χ1v) is 9.61. The highest BCUT2D eigenvalue weighted by atomic mass is 16.2. The lowest BCUT2D eigenvalue weighted by atomic mass is 10.0. The number of carbonyl (C=O) groups excluding carboxylic acids is 2. The summed E-state index contributed by atoms with van der Waals surface area (Å²) >= 11 is 0. The lowest BCUT2D eigenvalue weighted by Gasteiger charge is -2.22. The normalized spacial score (nSPS) is 15.2.